The molecule has 5 nitrogen and oxygen atoms in total. The van der Waals surface area contributed by atoms with E-state index in [-0.39, 0.29) is 12.5 Å². The standard InChI is InChI=1S/C26H22N4O/c1-17-14-25(30(29-17)22-11-9-21(10-12-22)28-26(31)16-27)20-8-13-24-19(15-20)7-6-18-4-2-3-5-23(18)24/h2-15H,16,27H2,1H3,(H,28,31). The molecule has 0 aliphatic heterocycles. The van der Waals surface area contributed by atoms with Gasteiger partial charge in [-0.25, -0.2) is 4.68 Å². The first-order valence-electron chi connectivity index (χ1n) is 10.2. The number of aromatic nitrogens is 2. The van der Waals surface area contributed by atoms with Crippen molar-refractivity contribution in [2.75, 3.05) is 11.9 Å². The second-order valence-electron chi connectivity index (χ2n) is 7.60. The third-order valence-corrected chi connectivity index (χ3v) is 5.45. The van der Waals surface area contributed by atoms with Crippen LogP contribution in [0.1, 0.15) is 5.69 Å². The third kappa shape index (κ3) is 3.56. The molecule has 0 bridgehead atoms. The number of nitrogens with two attached hydrogens (primary N) is 1. The first kappa shape index (κ1) is 19.0. The van der Waals surface area contributed by atoms with Crippen LogP contribution in [-0.2, 0) is 4.79 Å². The Kier molecular flexibility index (Phi) is 4.73. The van der Waals surface area contributed by atoms with Gasteiger partial charge in [0.15, 0.2) is 0 Å². The summed E-state index contributed by atoms with van der Waals surface area (Å²) in [6.07, 6.45) is 0. The van der Waals surface area contributed by atoms with E-state index in [1.54, 1.807) is 0 Å². The van der Waals surface area contributed by atoms with Crippen molar-refractivity contribution in [2.24, 2.45) is 5.73 Å². The van der Waals surface area contributed by atoms with Gasteiger partial charge in [0.25, 0.3) is 0 Å². The molecule has 4 aromatic carbocycles. The quantitative estimate of drug-likeness (QED) is 0.410. The molecule has 0 aliphatic rings. The summed E-state index contributed by atoms with van der Waals surface area (Å²) in [6, 6.07) is 29.0. The van der Waals surface area contributed by atoms with Crippen molar-refractivity contribution in [1.82, 2.24) is 9.78 Å². The van der Waals surface area contributed by atoms with Crippen molar-refractivity contribution in [1.29, 1.82) is 0 Å². The highest BCUT2D eigenvalue weighted by Crippen LogP contribution is 2.31. The number of rotatable bonds is 4. The summed E-state index contributed by atoms with van der Waals surface area (Å²) < 4.78 is 1.94. The lowest BCUT2D eigenvalue weighted by Crippen LogP contribution is -2.21. The van der Waals surface area contributed by atoms with Crippen LogP contribution in [0.2, 0.25) is 0 Å². The maximum atomic E-state index is 11.5. The number of benzene rings is 4. The molecule has 0 spiro atoms. The molecule has 0 atom stereocenters. The van der Waals surface area contributed by atoms with E-state index in [2.05, 4.69) is 66.0 Å². The molecule has 0 aliphatic carbocycles. The van der Waals surface area contributed by atoms with Gasteiger partial charge in [-0.15, -0.1) is 0 Å². The van der Waals surface area contributed by atoms with Crippen LogP contribution < -0.4 is 11.1 Å². The van der Waals surface area contributed by atoms with Crippen LogP contribution in [0.3, 0.4) is 0 Å². The number of nitrogens with zero attached hydrogens (tertiary/aromatic N) is 2. The van der Waals surface area contributed by atoms with Crippen LogP contribution in [0.5, 0.6) is 0 Å². The van der Waals surface area contributed by atoms with Crippen molar-refractivity contribution in [3.8, 4) is 16.9 Å². The normalized spacial score (nSPS) is 11.2. The monoisotopic (exact) mass is 406 g/mol. The summed E-state index contributed by atoms with van der Waals surface area (Å²) in [6.45, 7) is 1.95. The van der Waals surface area contributed by atoms with E-state index in [1.807, 2.05) is 35.9 Å². The molecule has 5 heteroatoms. The van der Waals surface area contributed by atoms with Gasteiger partial charge in [0, 0.05) is 11.3 Å². The van der Waals surface area contributed by atoms with Gasteiger partial charge in [-0.3, -0.25) is 4.79 Å². The maximum Gasteiger partial charge on any atom is 0.238 e. The second kappa shape index (κ2) is 7.70. The van der Waals surface area contributed by atoms with Crippen LogP contribution in [0, 0.1) is 6.92 Å². The van der Waals surface area contributed by atoms with Crippen molar-refractivity contribution in [3.05, 3.63) is 90.6 Å². The largest absolute Gasteiger partial charge is 0.325 e. The fourth-order valence-electron chi connectivity index (χ4n) is 3.97. The minimum Gasteiger partial charge on any atom is -0.325 e. The summed E-state index contributed by atoms with van der Waals surface area (Å²) in [4.78, 5) is 11.5. The van der Waals surface area contributed by atoms with E-state index in [4.69, 9.17) is 10.8 Å². The van der Waals surface area contributed by atoms with Crippen LogP contribution in [0.25, 0.3) is 38.5 Å². The van der Waals surface area contributed by atoms with Gasteiger partial charge < -0.3 is 11.1 Å². The fraction of sp³-hybridized carbons (Fsp3) is 0.0769. The zero-order valence-electron chi connectivity index (χ0n) is 17.2. The topological polar surface area (TPSA) is 72.9 Å². The molecule has 3 N–H and O–H groups in total. The van der Waals surface area contributed by atoms with E-state index < -0.39 is 0 Å². The molecule has 0 fully saturated rings. The van der Waals surface area contributed by atoms with Crippen molar-refractivity contribution in [3.63, 3.8) is 0 Å². The molecule has 0 radical (unpaired) electrons. The Morgan fingerprint density at radius 3 is 2.45 bits per heavy atom. The lowest BCUT2D eigenvalue weighted by atomic mass is 9.99. The highest BCUT2D eigenvalue weighted by atomic mass is 16.1. The van der Waals surface area contributed by atoms with E-state index >= 15 is 0 Å². The lowest BCUT2D eigenvalue weighted by molar-refractivity contribution is -0.114. The van der Waals surface area contributed by atoms with Gasteiger partial charge in [-0.05, 0) is 64.9 Å². The molecule has 1 aromatic heterocycles. The number of carbonyl (C=O) groups is 1. The molecule has 152 valence electrons. The first-order chi connectivity index (χ1) is 15.1. The van der Waals surface area contributed by atoms with Crippen LogP contribution in [-0.4, -0.2) is 22.2 Å². The minimum absolute atomic E-state index is 0.0402. The molecule has 5 aromatic rings. The predicted octanol–water partition coefficient (Wildman–Crippen LogP) is 5.05. The minimum atomic E-state index is -0.216. The Morgan fingerprint density at radius 2 is 1.65 bits per heavy atom. The predicted molar refractivity (Wildman–Crippen MR) is 126 cm³/mol. The van der Waals surface area contributed by atoms with Crippen molar-refractivity contribution in [2.45, 2.75) is 6.92 Å². The highest BCUT2D eigenvalue weighted by Gasteiger charge is 2.12. The fourth-order valence-corrected chi connectivity index (χ4v) is 3.97. The Balaban J connectivity index is 1.56. The van der Waals surface area contributed by atoms with E-state index in [0.717, 1.165) is 22.6 Å². The highest BCUT2D eigenvalue weighted by molar-refractivity contribution is 6.08. The average Bonchev–Trinajstić information content (AvgIpc) is 3.20. The Hall–Kier alpha value is -3.96. The smallest absolute Gasteiger partial charge is 0.238 e. The third-order valence-electron chi connectivity index (χ3n) is 5.45. The SMILES string of the molecule is Cc1cc(-c2ccc3c(ccc4ccccc43)c2)n(-c2ccc(NC(=O)CN)cc2)n1. The van der Waals surface area contributed by atoms with Gasteiger partial charge in [-0.1, -0.05) is 48.5 Å². The van der Waals surface area contributed by atoms with Crippen LogP contribution in [0.15, 0.2) is 84.9 Å². The average molecular weight is 406 g/mol. The number of amides is 1. The number of anilines is 1. The summed E-state index contributed by atoms with van der Waals surface area (Å²) >= 11 is 0. The summed E-state index contributed by atoms with van der Waals surface area (Å²) in [5, 5.41) is 12.4. The Bertz CT molecular complexity index is 1420. The van der Waals surface area contributed by atoms with E-state index in [9.17, 15) is 4.79 Å². The zero-order chi connectivity index (χ0) is 21.4. The Labute approximate surface area is 180 Å². The van der Waals surface area contributed by atoms with Gasteiger partial charge in [0.2, 0.25) is 5.91 Å². The van der Waals surface area contributed by atoms with Crippen molar-refractivity contribution >= 4 is 33.1 Å². The molecule has 5 rings (SSSR count). The van der Waals surface area contributed by atoms with Gasteiger partial charge in [0.05, 0.1) is 23.6 Å². The number of carbonyl (C=O) groups excluding carboxylic acids is 1. The van der Waals surface area contributed by atoms with Gasteiger partial charge in [-0.2, -0.15) is 5.10 Å². The number of hydrogen-bond donors (Lipinski definition) is 2. The summed E-state index contributed by atoms with van der Waals surface area (Å²) in [5.74, 6) is -0.216. The summed E-state index contributed by atoms with van der Waals surface area (Å²) in [5.41, 5.74) is 10.1. The Morgan fingerprint density at radius 1 is 0.903 bits per heavy atom. The molecular weight excluding hydrogens is 384 g/mol. The molecule has 1 heterocycles. The molecular formula is C26H22N4O. The number of nitrogens with one attached hydrogen (secondary N) is 1. The molecule has 0 unspecified atom stereocenters. The first-order valence-corrected chi connectivity index (χ1v) is 10.2. The maximum absolute atomic E-state index is 11.5. The van der Waals surface area contributed by atoms with E-state index in [0.29, 0.717) is 5.69 Å². The van der Waals surface area contributed by atoms with Gasteiger partial charge >= 0.3 is 0 Å². The van der Waals surface area contributed by atoms with Crippen molar-refractivity contribution < 1.29 is 4.79 Å². The molecule has 0 saturated heterocycles. The number of aryl methyl sites for hydroxylation is 1. The lowest BCUT2D eigenvalue weighted by Gasteiger charge is -2.11. The number of hydrogen-bond acceptors (Lipinski definition) is 3. The zero-order valence-corrected chi connectivity index (χ0v) is 17.2. The van der Waals surface area contributed by atoms with Gasteiger partial charge in [0.1, 0.15) is 0 Å². The molecule has 1 amide bonds. The molecule has 0 saturated carbocycles. The number of fused-ring (bicyclic) bond motifs is 3. The van der Waals surface area contributed by atoms with Crippen LogP contribution in [0.4, 0.5) is 5.69 Å². The summed E-state index contributed by atoms with van der Waals surface area (Å²) in [7, 11) is 0. The second-order valence-corrected chi connectivity index (χ2v) is 7.60. The van der Waals surface area contributed by atoms with Crippen LogP contribution >= 0.6 is 0 Å². The molecule has 31 heavy (non-hydrogen) atoms. The van der Waals surface area contributed by atoms with E-state index in [1.165, 1.54) is 21.5 Å².